The van der Waals surface area contributed by atoms with Gasteiger partial charge in [0.2, 0.25) is 11.1 Å². The molecule has 148 valence electrons. The highest BCUT2D eigenvalue weighted by atomic mass is 32.2. The normalized spacial score (nSPS) is 13.3. The molecule has 8 nitrogen and oxygen atoms in total. The van der Waals surface area contributed by atoms with Gasteiger partial charge in [-0.25, -0.2) is 13.7 Å². The van der Waals surface area contributed by atoms with Gasteiger partial charge in [-0.3, -0.25) is 4.79 Å². The van der Waals surface area contributed by atoms with Crippen LogP contribution >= 0.6 is 11.8 Å². The van der Waals surface area contributed by atoms with E-state index in [1.54, 1.807) is 42.1 Å². The molecule has 0 unspecified atom stereocenters. The van der Waals surface area contributed by atoms with Crippen molar-refractivity contribution < 1.29 is 9.18 Å². The van der Waals surface area contributed by atoms with Gasteiger partial charge in [0.1, 0.15) is 11.6 Å². The van der Waals surface area contributed by atoms with Crippen LogP contribution < -0.4 is 11.2 Å². The maximum Gasteiger partial charge on any atom is 0.238 e. The number of carbonyl (C=O) groups is 1. The van der Waals surface area contributed by atoms with Crippen molar-refractivity contribution in [3.63, 3.8) is 0 Å². The highest BCUT2D eigenvalue weighted by molar-refractivity contribution is 8.00. The number of halogens is 1. The lowest BCUT2D eigenvalue weighted by Gasteiger charge is -2.16. The molecule has 0 aliphatic rings. The van der Waals surface area contributed by atoms with Gasteiger partial charge >= 0.3 is 0 Å². The number of hydrogen-bond acceptors (Lipinski definition) is 6. The number of amides is 1. The zero-order valence-electron chi connectivity index (χ0n) is 15.8. The van der Waals surface area contributed by atoms with Crippen molar-refractivity contribution in [3.8, 4) is 11.4 Å². The van der Waals surface area contributed by atoms with Gasteiger partial charge in [-0.15, -0.1) is 10.2 Å². The number of thioether (sulfide) groups is 1. The molecule has 10 heteroatoms. The molecule has 28 heavy (non-hydrogen) atoms. The predicted octanol–water partition coefficient (Wildman–Crippen LogP) is 3.08. The van der Waals surface area contributed by atoms with Gasteiger partial charge < -0.3 is 11.2 Å². The number of nitrogen functional groups attached to an aromatic ring is 1. The quantitative estimate of drug-likeness (QED) is 0.464. The van der Waals surface area contributed by atoms with E-state index in [-0.39, 0.29) is 23.3 Å². The Labute approximate surface area is 166 Å². The van der Waals surface area contributed by atoms with Crippen LogP contribution in [0.3, 0.4) is 0 Å². The summed E-state index contributed by atoms with van der Waals surface area (Å²) in [6, 6.07) is 8.10. The van der Waals surface area contributed by atoms with Gasteiger partial charge in [-0.2, -0.15) is 5.10 Å². The third-order valence-electron chi connectivity index (χ3n) is 4.36. The molecule has 0 fully saturated rings. The van der Waals surface area contributed by atoms with Crippen molar-refractivity contribution in [2.24, 2.45) is 0 Å². The van der Waals surface area contributed by atoms with E-state index in [1.807, 2.05) is 6.92 Å². The minimum Gasteiger partial charge on any atom is -0.335 e. The summed E-state index contributed by atoms with van der Waals surface area (Å²) >= 11 is 1.14. The molecule has 1 aromatic carbocycles. The predicted molar refractivity (Wildman–Crippen MR) is 107 cm³/mol. The van der Waals surface area contributed by atoms with Crippen molar-refractivity contribution >= 4 is 23.5 Å². The summed E-state index contributed by atoms with van der Waals surface area (Å²) in [6.45, 7) is 5.82. The number of nitrogens with zero attached hydrogens (tertiary/aromatic N) is 5. The second-order valence-corrected chi connectivity index (χ2v) is 7.63. The number of aromatic nitrogens is 5. The molecule has 0 saturated carbocycles. The number of benzene rings is 1. The zero-order chi connectivity index (χ0) is 20.3. The fourth-order valence-corrected chi connectivity index (χ4v) is 3.33. The van der Waals surface area contributed by atoms with E-state index < -0.39 is 11.1 Å². The maximum absolute atomic E-state index is 14.0. The van der Waals surface area contributed by atoms with Crippen molar-refractivity contribution in [3.05, 3.63) is 42.3 Å². The lowest BCUT2D eigenvalue weighted by Crippen LogP contribution is -2.25. The Bertz CT molecular complexity index is 971. The number of nitrogens with two attached hydrogens (primary N) is 1. The van der Waals surface area contributed by atoms with Crippen LogP contribution in [-0.4, -0.2) is 35.8 Å². The third kappa shape index (κ3) is 4.01. The Morgan fingerprint density at radius 3 is 2.75 bits per heavy atom. The second-order valence-electron chi connectivity index (χ2n) is 6.32. The molecule has 0 radical (unpaired) electrons. The molecule has 1 amide bonds. The second kappa shape index (κ2) is 8.42. The van der Waals surface area contributed by atoms with Gasteiger partial charge in [0, 0.05) is 6.07 Å². The minimum absolute atomic E-state index is 0.170. The fraction of sp³-hybridized carbons (Fsp3) is 0.333. The number of carbonyl (C=O) groups excluding carboxylic acids is 1. The minimum atomic E-state index is -0.500. The van der Waals surface area contributed by atoms with E-state index in [1.165, 1.54) is 10.7 Å². The first-order chi connectivity index (χ1) is 13.4. The molecule has 0 bridgehead atoms. The number of rotatable bonds is 7. The monoisotopic (exact) mass is 403 g/mol. The van der Waals surface area contributed by atoms with Crippen molar-refractivity contribution in [2.75, 3.05) is 11.2 Å². The van der Waals surface area contributed by atoms with Crippen LogP contribution in [0.2, 0.25) is 0 Å². The summed E-state index contributed by atoms with van der Waals surface area (Å²) in [5.74, 6) is 6.20. The van der Waals surface area contributed by atoms with Gasteiger partial charge in [-0.1, -0.05) is 30.8 Å². The average molecular weight is 403 g/mol. The molecule has 0 aliphatic carbocycles. The van der Waals surface area contributed by atoms with Crippen LogP contribution in [0.5, 0.6) is 0 Å². The standard InChI is InChI=1S/C18H22FN7OS/c1-4-11(2)26-15(9-10-21-26)22-17(27)12(3)28-18-24-23-16(25(18)20)13-7-5-6-8-14(13)19/h5-12H,4,20H2,1-3H3,(H,22,27)/t11-,12+/m0/s1. The lowest BCUT2D eigenvalue weighted by atomic mass is 10.2. The number of nitrogens with one attached hydrogen (secondary N) is 1. The SMILES string of the molecule is CC[C@H](C)n1nccc1NC(=O)[C@@H](C)Sc1nnc(-c2ccccc2F)n1N. The van der Waals surface area contributed by atoms with Crippen LogP contribution in [0, 0.1) is 5.82 Å². The Morgan fingerprint density at radius 1 is 1.29 bits per heavy atom. The molecule has 2 atom stereocenters. The molecule has 0 spiro atoms. The first-order valence-corrected chi connectivity index (χ1v) is 9.76. The third-order valence-corrected chi connectivity index (χ3v) is 5.42. The van der Waals surface area contributed by atoms with E-state index in [0.29, 0.717) is 11.0 Å². The zero-order valence-corrected chi connectivity index (χ0v) is 16.7. The topological polar surface area (TPSA) is 104 Å². The average Bonchev–Trinajstić information content (AvgIpc) is 3.29. The fourth-order valence-electron chi connectivity index (χ4n) is 2.56. The molecule has 3 N–H and O–H groups in total. The molecule has 3 rings (SSSR count). The molecule has 2 aromatic heterocycles. The molecule has 3 aromatic rings. The summed E-state index contributed by atoms with van der Waals surface area (Å²) in [4.78, 5) is 12.6. The van der Waals surface area contributed by atoms with Crippen LogP contribution in [-0.2, 0) is 4.79 Å². The van der Waals surface area contributed by atoms with Crippen LogP contribution in [0.1, 0.15) is 33.2 Å². The van der Waals surface area contributed by atoms with Gasteiger partial charge in [0.15, 0.2) is 5.82 Å². The van der Waals surface area contributed by atoms with Gasteiger partial charge in [0.05, 0.1) is 23.1 Å². The van der Waals surface area contributed by atoms with E-state index in [4.69, 9.17) is 5.84 Å². The highest BCUT2D eigenvalue weighted by Gasteiger charge is 2.22. The number of anilines is 1. The summed E-state index contributed by atoms with van der Waals surface area (Å²) in [7, 11) is 0. The Hall–Kier alpha value is -2.88. The molecule has 0 saturated heterocycles. The molecule has 2 heterocycles. The summed E-state index contributed by atoms with van der Waals surface area (Å²) < 4.78 is 16.9. The first kappa shape index (κ1) is 19.9. The molecule has 0 aliphatic heterocycles. The van der Waals surface area contributed by atoms with Crippen LogP contribution in [0.15, 0.2) is 41.7 Å². The smallest absolute Gasteiger partial charge is 0.238 e. The van der Waals surface area contributed by atoms with E-state index in [2.05, 4.69) is 27.5 Å². The van der Waals surface area contributed by atoms with E-state index in [9.17, 15) is 9.18 Å². The van der Waals surface area contributed by atoms with Crippen LogP contribution in [0.25, 0.3) is 11.4 Å². The maximum atomic E-state index is 14.0. The molecular weight excluding hydrogens is 381 g/mol. The lowest BCUT2D eigenvalue weighted by molar-refractivity contribution is -0.115. The Balaban J connectivity index is 1.72. The Morgan fingerprint density at radius 2 is 2.04 bits per heavy atom. The summed E-state index contributed by atoms with van der Waals surface area (Å²) in [5.41, 5.74) is 0.249. The summed E-state index contributed by atoms with van der Waals surface area (Å²) in [6.07, 6.45) is 2.54. The largest absolute Gasteiger partial charge is 0.335 e. The van der Waals surface area contributed by atoms with Gasteiger partial charge in [0.25, 0.3) is 0 Å². The van der Waals surface area contributed by atoms with Gasteiger partial charge in [-0.05, 0) is 32.4 Å². The number of hydrogen-bond donors (Lipinski definition) is 2. The molecular formula is C18H22FN7OS. The van der Waals surface area contributed by atoms with Crippen molar-refractivity contribution in [1.29, 1.82) is 0 Å². The summed E-state index contributed by atoms with van der Waals surface area (Å²) in [5, 5.41) is 14.9. The first-order valence-electron chi connectivity index (χ1n) is 8.88. The van der Waals surface area contributed by atoms with E-state index in [0.717, 1.165) is 18.2 Å². The highest BCUT2D eigenvalue weighted by Crippen LogP contribution is 2.27. The van der Waals surface area contributed by atoms with E-state index >= 15 is 0 Å². The Kier molecular flexibility index (Phi) is 5.98. The van der Waals surface area contributed by atoms with Crippen molar-refractivity contribution in [2.45, 2.75) is 43.6 Å². The van der Waals surface area contributed by atoms with Crippen molar-refractivity contribution in [1.82, 2.24) is 24.7 Å². The van der Waals surface area contributed by atoms with Crippen LogP contribution in [0.4, 0.5) is 10.2 Å².